The van der Waals surface area contributed by atoms with Gasteiger partial charge < -0.3 is 29.7 Å². The topological polar surface area (TPSA) is 101 Å². The molecule has 1 rings (SSSR count). The summed E-state index contributed by atoms with van der Waals surface area (Å²) in [4.78, 5) is 10.1. The maximum atomic E-state index is 10.1. The number of hydrogen-bond donors (Lipinski definition) is 3. The van der Waals surface area contributed by atoms with Gasteiger partial charge in [-0.25, -0.2) is 0 Å². The Balaban J connectivity index is 0.000000321. The molecule has 2 unspecified atom stereocenters. The molecule has 108 valence electrons. The van der Waals surface area contributed by atoms with E-state index in [0.29, 0.717) is 36.8 Å². The lowest BCUT2D eigenvalue weighted by atomic mass is 10.1. The molecule has 1 fully saturated rings. The van der Waals surface area contributed by atoms with Gasteiger partial charge in [-0.2, -0.15) is 0 Å². The van der Waals surface area contributed by atoms with Crippen LogP contribution in [-0.2, 0) is 4.79 Å². The smallest absolute Gasteiger partial charge is 0.102 e. The van der Waals surface area contributed by atoms with Crippen LogP contribution in [0.2, 0.25) is 0 Å². The Morgan fingerprint density at radius 3 is 1.94 bits per heavy atom. The van der Waals surface area contributed by atoms with Crippen LogP contribution in [-0.4, -0.2) is 72.3 Å². The highest BCUT2D eigenvalue weighted by molar-refractivity contribution is 5.67. The van der Waals surface area contributed by atoms with E-state index in [1.807, 2.05) is 14.1 Å². The van der Waals surface area contributed by atoms with Crippen LogP contribution in [0.3, 0.4) is 0 Å². The Hall–Kier alpha value is -0.690. The monoisotopic (exact) mass is 263 g/mol. The first-order chi connectivity index (χ1) is 8.32. The molecule has 0 aliphatic heterocycles. The molecule has 0 aromatic rings. The minimum absolute atomic E-state index is 0.188. The number of carboxylic acids is 1. The molecule has 0 aromatic carbocycles. The minimum Gasteiger partial charge on any atom is -0.550 e. The summed E-state index contributed by atoms with van der Waals surface area (Å²) < 4.78 is 0.688. The molecule has 0 heterocycles. The number of nitrogens with zero attached hydrogens (tertiary/aromatic N) is 1. The number of carbonyl (C=O) groups excluding carboxylic acids is 1. The molecule has 0 bridgehead atoms. The molecule has 0 aromatic heterocycles. The summed E-state index contributed by atoms with van der Waals surface area (Å²) in [5, 5.41) is 36.0. The first-order valence-corrected chi connectivity index (χ1v) is 6.25. The van der Waals surface area contributed by atoms with E-state index in [0.717, 1.165) is 0 Å². The minimum atomic E-state index is -1.02. The van der Waals surface area contributed by atoms with Crippen molar-refractivity contribution in [1.29, 1.82) is 0 Å². The van der Waals surface area contributed by atoms with Crippen molar-refractivity contribution in [2.45, 2.75) is 25.4 Å². The molecule has 6 heteroatoms. The van der Waals surface area contributed by atoms with Gasteiger partial charge in [0.05, 0.1) is 33.4 Å². The van der Waals surface area contributed by atoms with Crippen molar-refractivity contribution >= 4 is 5.97 Å². The lowest BCUT2D eigenvalue weighted by Gasteiger charge is -2.27. The third-order valence-corrected chi connectivity index (χ3v) is 3.15. The van der Waals surface area contributed by atoms with E-state index in [2.05, 4.69) is 0 Å². The van der Waals surface area contributed by atoms with Crippen LogP contribution >= 0.6 is 0 Å². The summed E-state index contributed by atoms with van der Waals surface area (Å²) in [6.07, 6.45) is 1.15. The number of rotatable bonds is 5. The van der Waals surface area contributed by atoms with Gasteiger partial charge in [0.1, 0.15) is 13.1 Å². The zero-order chi connectivity index (χ0) is 14.2. The first kappa shape index (κ1) is 17.3. The quantitative estimate of drug-likeness (QED) is 0.495. The van der Waals surface area contributed by atoms with Crippen molar-refractivity contribution in [3.8, 4) is 0 Å². The molecule has 0 radical (unpaired) electrons. The van der Waals surface area contributed by atoms with E-state index in [-0.39, 0.29) is 13.2 Å². The van der Waals surface area contributed by atoms with Crippen molar-refractivity contribution in [2.24, 2.45) is 5.92 Å². The first-order valence-electron chi connectivity index (χ1n) is 6.25. The fraction of sp³-hybridized carbons (Fsp3) is 0.917. The van der Waals surface area contributed by atoms with Crippen LogP contribution in [0.5, 0.6) is 0 Å². The van der Waals surface area contributed by atoms with E-state index in [9.17, 15) is 9.90 Å². The second kappa shape index (κ2) is 8.42. The van der Waals surface area contributed by atoms with E-state index in [1.54, 1.807) is 0 Å². The molecule has 1 aliphatic carbocycles. The van der Waals surface area contributed by atoms with Crippen molar-refractivity contribution in [1.82, 2.24) is 0 Å². The number of aliphatic hydroxyl groups excluding tert-OH is 3. The molecule has 0 amide bonds. The van der Waals surface area contributed by atoms with E-state index in [1.165, 1.54) is 0 Å². The standard InChI is InChI=1S/C6H16NO2.C6H10O3/c1-7(2,3-5-8)4-6-9;7-5-2-1-4(3-5)6(8)9/h8-9H,3-6H2,1-2H3;4-5,7H,1-3H2,(H,8,9)/q+1;/p-1. The van der Waals surface area contributed by atoms with Crippen LogP contribution in [0.25, 0.3) is 0 Å². The van der Waals surface area contributed by atoms with Gasteiger partial charge in [-0.3, -0.25) is 0 Å². The molecule has 2 atom stereocenters. The van der Waals surface area contributed by atoms with Crippen LogP contribution in [0.1, 0.15) is 19.3 Å². The second-order valence-corrected chi connectivity index (χ2v) is 5.31. The Morgan fingerprint density at radius 1 is 1.22 bits per heavy atom. The average molecular weight is 263 g/mol. The van der Waals surface area contributed by atoms with Gasteiger partial charge in [0.25, 0.3) is 0 Å². The number of carbonyl (C=O) groups is 1. The molecule has 18 heavy (non-hydrogen) atoms. The van der Waals surface area contributed by atoms with Crippen molar-refractivity contribution in [3.63, 3.8) is 0 Å². The fourth-order valence-corrected chi connectivity index (χ4v) is 1.82. The number of hydrogen-bond acceptors (Lipinski definition) is 5. The summed E-state index contributed by atoms with van der Waals surface area (Å²) in [5.41, 5.74) is 0. The lowest BCUT2D eigenvalue weighted by Crippen LogP contribution is -2.43. The Bertz CT molecular complexity index is 237. The molecule has 1 aliphatic rings. The maximum Gasteiger partial charge on any atom is 0.102 e. The third-order valence-electron chi connectivity index (χ3n) is 3.15. The Kier molecular flexibility index (Phi) is 8.10. The van der Waals surface area contributed by atoms with Gasteiger partial charge in [0, 0.05) is 11.9 Å². The average Bonchev–Trinajstić information content (AvgIpc) is 2.65. The molecule has 0 saturated heterocycles. The third kappa shape index (κ3) is 7.60. The summed E-state index contributed by atoms with van der Waals surface area (Å²) in [6.45, 7) is 1.79. The maximum absolute atomic E-state index is 10.1. The zero-order valence-electron chi connectivity index (χ0n) is 11.2. The molecule has 3 N–H and O–H groups in total. The number of aliphatic hydroxyl groups is 3. The normalized spacial score (nSPS) is 23.4. The second-order valence-electron chi connectivity index (χ2n) is 5.31. The highest BCUT2D eigenvalue weighted by Gasteiger charge is 2.23. The molecular weight excluding hydrogens is 238 g/mol. The number of likely N-dealkylation sites (N-methyl/N-ethyl adjacent to an activating group) is 1. The van der Waals surface area contributed by atoms with Crippen LogP contribution < -0.4 is 5.11 Å². The Morgan fingerprint density at radius 2 is 1.72 bits per heavy atom. The molecule has 1 saturated carbocycles. The van der Waals surface area contributed by atoms with E-state index >= 15 is 0 Å². The summed E-state index contributed by atoms with van der Waals surface area (Å²) in [5.74, 6) is -1.42. The van der Waals surface area contributed by atoms with Crippen LogP contribution in [0.15, 0.2) is 0 Å². The highest BCUT2D eigenvalue weighted by Crippen LogP contribution is 2.24. The molecular formula is C12H25NO5. The van der Waals surface area contributed by atoms with Crippen molar-refractivity contribution < 1.29 is 29.7 Å². The summed E-state index contributed by atoms with van der Waals surface area (Å²) >= 11 is 0. The van der Waals surface area contributed by atoms with Gasteiger partial charge in [-0.1, -0.05) is 0 Å². The largest absolute Gasteiger partial charge is 0.550 e. The number of carboxylic acid groups (broad SMARTS) is 1. The zero-order valence-corrected chi connectivity index (χ0v) is 11.2. The van der Waals surface area contributed by atoms with Crippen molar-refractivity contribution in [2.75, 3.05) is 40.4 Å². The van der Waals surface area contributed by atoms with Gasteiger partial charge in [0.2, 0.25) is 0 Å². The van der Waals surface area contributed by atoms with E-state index in [4.69, 9.17) is 15.3 Å². The predicted octanol–water partition coefficient (Wildman–Crippen LogP) is -2.06. The predicted molar refractivity (Wildman–Crippen MR) is 64.4 cm³/mol. The van der Waals surface area contributed by atoms with Gasteiger partial charge in [-0.15, -0.1) is 0 Å². The van der Waals surface area contributed by atoms with Gasteiger partial charge in [-0.05, 0) is 19.3 Å². The lowest BCUT2D eigenvalue weighted by molar-refractivity contribution is -0.890. The van der Waals surface area contributed by atoms with Gasteiger partial charge >= 0.3 is 0 Å². The summed E-state index contributed by atoms with van der Waals surface area (Å²) in [7, 11) is 3.96. The van der Waals surface area contributed by atoms with E-state index < -0.39 is 18.0 Å². The Labute approximate surface area is 108 Å². The summed E-state index contributed by atoms with van der Waals surface area (Å²) in [6, 6.07) is 0. The SMILES string of the molecule is C[N+](C)(CCO)CCO.O=C([O-])C1CCC(O)C1. The number of aliphatic carboxylic acids is 1. The van der Waals surface area contributed by atoms with Crippen LogP contribution in [0.4, 0.5) is 0 Å². The molecule has 6 nitrogen and oxygen atoms in total. The highest BCUT2D eigenvalue weighted by atomic mass is 16.4. The van der Waals surface area contributed by atoms with Gasteiger partial charge in [0.15, 0.2) is 0 Å². The fourth-order valence-electron chi connectivity index (χ4n) is 1.82. The molecule has 0 spiro atoms. The number of quaternary nitrogens is 1. The van der Waals surface area contributed by atoms with Crippen molar-refractivity contribution in [3.05, 3.63) is 0 Å². The van der Waals surface area contributed by atoms with Crippen LogP contribution in [0, 0.1) is 5.92 Å².